The fraction of sp³-hybridized carbons (Fsp3) is 0.143. The molecule has 0 radical (unpaired) electrons. The average molecular weight is 310 g/mol. The molecule has 2 nitrogen and oxygen atoms in total. The van der Waals surface area contributed by atoms with Gasteiger partial charge in [-0.3, -0.25) is 0 Å². The Hall–Kier alpha value is -1.39. The van der Waals surface area contributed by atoms with Crippen molar-refractivity contribution >= 4 is 15.9 Å². The van der Waals surface area contributed by atoms with Gasteiger partial charge in [0.05, 0.1) is 4.47 Å². The van der Waals surface area contributed by atoms with E-state index in [1.807, 2.05) is 18.2 Å². The molecule has 0 aliphatic heterocycles. The molecule has 0 saturated carbocycles. The fourth-order valence-electron chi connectivity index (χ4n) is 1.63. The molecular formula is C14H13BrFNO. The second-order valence-corrected chi connectivity index (χ2v) is 4.83. The number of rotatable bonds is 3. The lowest BCUT2D eigenvalue weighted by Crippen LogP contribution is -2.07. The Morgan fingerprint density at radius 3 is 2.56 bits per heavy atom. The van der Waals surface area contributed by atoms with Crippen LogP contribution >= 0.6 is 15.9 Å². The van der Waals surface area contributed by atoms with E-state index < -0.39 is 5.82 Å². The van der Waals surface area contributed by atoms with Crippen molar-refractivity contribution in [3.05, 3.63) is 58.3 Å². The van der Waals surface area contributed by atoms with Crippen molar-refractivity contribution in [3.63, 3.8) is 0 Å². The molecule has 0 aliphatic carbocycles. The molecule has 0 heterocycles. The molecule has 0 fully saturated rings. The van der Waals surface area contributed by atoms with Gasteiger partial charge in [-0.1, -0.05) is 24.3 Å². The molecule has 0 amide bonds. The first-order chi connectivity index (χ1) is 8.59. The Kier molecular flexibility index (Phi) is 3.99. The summed E-state index contributed by atoms with van der Waals surface area (Å²) in [5, 5.41) is 0. The van der Waals surface area contributed by atoms with Gasteiger partial charge in [0.2, 0.25) is 0 Å². The minimum absolute atomic E-state index is 0.180. The SMILES string of the molecule is C[C@@H](N)c1cccc(F)c1Oc1ccccc1Br. The van der Waals surface area contributed by atoms with Gasteiger partial charge in [-0.15, -0.1) is 0 Å². The molecule has 2 aromatic rings. The molecule has 0 saturated heterocycles. The number of halogens is 2. The lowest BCUT2D eigenvalue weighted by atomic mass is 10.1. The summed E-state index contributed by atoms with van der Waals surface area (Å²) in [7, 11) is 0. The maximum Gasteiger partial charge on any atom is 0.167 e. The van der Waals surface area contributed by atoms with E-state index in [9.17, 15) is 4.39 Å². The Bertz CT molecular complexity index is 557. The average Bonchev–Trinajstić information content (AvgIpc) is 2.34. The smallest absolute Gasteiger partial charge is 0.167 e. The van der Waals surface area contributed by atoms with Crippen LogP contribution in [0.25, 0.3) is 0 Å². The van der Waals surface area contributed by atoms with Crippen molar-refractivity contribution in [2.24, 2.45) is 5.73 Å². The van der Waals surface area contributed by atoms with E-state index in [0.717, 1.165) is 4.47 Å². The molecule has 0 aliphatic rings. The third kappa shape index (κ3) is 2.71. The van der Waals surface area contributed by atoms with Gasteiger partial charge in [0.25, 0.3) is 0 Å². The number of para-hydroxylation sites is 2. The zero-order valence-electron chi connectivity index (χ0n) is 9.86. The molecule has 0 unspecified atom stereocenters. The zero-order chi connectivity index (χ0) is 13.1. The monoisotopic (exact) mass is 309 g/mol. The standard InChI is InChI=1S/C14H13BrFNO/c1-9(17)10-5-4-7-12(16)14(10)18-13-8-3-2-6-11(13)15/h2-9H,17H2,1H3/t9-/m1/s1. The summed E-state index contributed by atoms with van der Waals surface area (Å²) in [4.78, 5) is 0. The molecule has 0 aromatic heterocycles. The normalized spacial score (nSPS) is 12.2. The van der Waals surface area contributed by atoms with E-state index in [-0.39, 0.29) is 11.8 Å². The molecule has 18 heavy (non-hydrogen) atoms. The molecule has 2 N–H and O–H groups in total. The van der Waals surface area contributed by atoms with Crippen LogP contribution in [0.15, 0.2) is 46.9 Å². The quantitative estimate of drug-likeness (QED) is 0.912. The summed E-state index contributed by atoms with van der Waals surface area (Å²) in [6, 6.07) is 11.7. The number of ether oxygens (including phenoxy) is 1. The molecular weight excluding hydrogens is 297 g/mol. The molecule has 1 atom stereocenters. The Morgan fingerprint density at radius 2 is 1.89 bits per heavy atom. The van der Waals surface area contributed by atoms with Crippen LogP contribution in [0.5, 0.6) is 11.5 Å². The van der Waals surface area contributed by atoms with Gasteiger partial charge in [-0.05, 0) is 41.1 Å². The van der Waals surface area contributed by atoms with Crippen LogP contribution in [-0.2, 0) is 0 Å². The first kappa shape index (κ1) is 13.1. The number of benzene rings is 2. The van der Waals surface area contributed by atoms with E-state index in [1.165, 1.54) is 6.07 Å². The van der Waals surface area contributed by atoms with Gasteiger partial charge in [0, 0.05) is 11.6 Å². The zero-order valence-corrected chi connectivity index (χ0v) is 11.4. The lowest BCUT2D eigenvalue weighted by Gasteiger charge is -2.15. The third-order valence-corrected chi connectivity index (χ3v) is 3.19. The highest BCUT2D eigenvalue weighted by Gasteiger charge is 2.14. The van der Waals surface area contributed by atoms with Crippen molar-refractivity contribution in [3.8, 4) is 11.5 Å². The van der Waals surface area contributed by atoms with Gasteiger partial charge >= 0.3 is 0 Å². The fourth-order valence-corrected chi connectivity index (χ4v) is 1.99. The highest BCUT2D eigenvalue weighted by atomic mass is 79.9. The van der Waals surface area contributed by atoms with Gasteiger partial charge in [0.1, 0.15) is 5.75 Å². The summed E-state index contributed by atoms with van der Waals surface area (Å²) in [5.74, 6) is 0.324. The van der Waals surface area contributed by atoms with Gasteiger partial charge in [-0.2, -0.15) is 0 Å². The summed E-state index contributed by atoms with van der Waals surface area (Å²) in [5.41, 5.74) is 6.46. The summed E-state index contributed by atoms with van der Waals surface area (Å²) in [6.07, 6.45) is 0. The first-order valence-corrected chi connectivity index (χ1v) is 6.35. The van der Waals surface area contributed by atoms with Crippen LogP contribution in [-0.4, -0.2) is 0 Å². The van der Waals surface area contributed by atoms with Crippen LogP contribution in [0.1, 0.15) is 18.5 Å². The Labute approximate surface area is 114 Å². The Balaban J connectivity index is 2.43. The minimum Gasteiger partial charge on any atom is -0.453 e. The number of hydrogen-bond donors (Lipinski definition) is 1. The van der Waals surface area contributed by atoms with Gasteiger partial charge < -0.3 is 10.5 Å². The van der Waals surface area contributed by atoms with Gasteiger partial charge in [-0.25, -0.2) is 4.39 Å². The Morgan fingerprint density at radius 1 is 1.17 bits per heavy atom. The maximum atomic E-state index is 13.8. The third-order valence-electron chi connectivity index (χ3n) is 2.54. The largest absolute Gasteiger partial charge is 0.453 e. The highest BCUT2D eigenvalue weighted by Crippen LogP contribution is 2.34. The van der Waals surface area contributed by atoms with Crippen LogP contribution in [0, 0.1) is 5.82 Å². The van der Waals surface area contributed by atoms with E-state index >= 15 is 0 Å². The summed E-state index contributed by atoms with van der Waals surface area (Å²) >= 11 is 3.36. The molecule has 2 aromatic carbocycles. The number of nitrogens with two attached hydrogens (primary N) is 1. The summed E-state index contributed by atoms with van der Waals surface area (Å²) in [6.45, 7) is 1.79. The van der Waals surface area contributed by atoms with E-state index in [0.29, 0.717) is 11.3 Å². The molecule has 2 rings (SSSR count). The van der Waals surface area contributed by atoms with Crippen molar-refractivity contribution in [1.29, 1.82) is 0 Å². The van der Waals surface area contributed by atoms with Crippen molar-refractivity contribution in [1.82, 2.24) is 0 Å². The lowest BCUT2D eigenvalue weighted by molar-refractivity contribution is 0.430. The first-order valence-electron chi connectivity index (χ1n) is 5.56. The minimum atomic E-state index is -0.416. The van der Waals surface area contributed by atoms with E-state index in [1.54, 1.807) is 25.1 Å². The van der Waals surface area contributed by atoms with Crippen LogP contribution in [0.4, 0.5) is 4.39 Å². The second-order valence-electron chi connectivity index (χ2n) is 3.98. The predicted octanol–water partition coefficient (Wildman–Crippen LogP) is 4.40. The van der Waals surface area contributed by atoms with Crippen LogP contribution < -0.4 is 10.5 Å². The van der Waals surface area contributed by atoms with Crippen molar-refractivity contribution in [2.75, 3.05) is 0 Å². The van der Waals surface area contributed by atoms with Crippen LogP contribution in [0.3, 0.4) is 0 Å². The number of hydrogen-bond acceptors (Lipinski definition) is 2. The second kappa shape index (κ2) is 5.50. The van der Waals surface area contributed by atoms with Gasteiger partial charge in [0.15, 0.2) is 11.6 Å². The molecule has 0 spiro atoms. The summed E-state index contributed by atoms with van der Waals surface area (Å²) < 4.78 is 20.2. The van der Waals surface area contributed by atoms with Crippen molar-refractivity contribution < 1.29 is 9.13 Å². The van der Waals surface area contributed by atoms with Crippen LogP contribution in [0.2, 0.25) is 0 Å². The predicted molar refractivity (Wildman–Crippen MR) is 73.2 cm³/mol. The highest BCUT2D eigenvalue weighted by molar-refractivity contribution is 9.10. The molecule has 94 valence electrons. The van der Waals surface area contributed by atoms with Crippen molar-refractivity contribution in [2.45, 2.75) is 13.0 Å². The topological polar surface area (TPSA) is 35.2 Å². The van der Waals surface area contributed by atoms with E-state index in [2.05, 4.69) is 15.9 Å². The maximum absolute atomic E-state index is 13.8. The van der Waals surface area contributed by atoms with E-state index in [4.69, 9.17) is 10.5 Å². The molecule has 4 heteroatoms. The molecule has 0 bridgehead atoms.